The van der Waals surface area contributed by atoms with Gasteiger partial charge in [-0.1, -0.05) is 22.0 Å². The molecule has 1 aromatic carbocycles. The monoisotopic (exact) mass is 282 g/mol. The van der Waals surface area contributed by atoms with Crippen LogP contribution in [0.1, 0.15) is 0 Å². The first-order chi connectivity index (χ1) is 7.26. The molecule has 0 unspecified atom stereocenters. The van der Waals surface area contributed by atoms with E-state index in [1.54, 1.807) is 18.2 Å². The van der Waals surface area contributed by atoms with E-state index in [-0.39, 0.29) is 0 Å². The number of benzene rings is 1. The van der Waals surface area contributed by atoms with E-state index in [2.05, 4.69) is 3.77 Å². The van der Waals surface area contributed by atoms with E-state index in [0.29, 0.717) is 4.90 Å². The third-order valence-electron chi connectivity index (χ3n) is 1.74. The van der Waals surface area contributed by atoms with Crippen molar-refractivity contribution in [1.82, 2.24) is 4.31 Å². The van der Waals surface area contributed by atoms with E-state index in [4.69, 9.17) is 10.7 Å². The fourth-order valence-electron chi connectivity index (χ4n) is 1.04. The van der Waals surface area contributed by atoms with Crippen molar-refractivity contribution in [2.45, 2.75) is 4.90 Å². The first-order valence-electron chi connectivity index (χ1n) is 4.21. The Hall–Kier alpha value is -0.630. The lowest BCUT2D eigenvalue weighted by Gasteiger charge is -2.15. The quantitative estimate of drug-likeness (QED) is 0.789. The molecule has 16 heavy (non-hydrogen) atoms. The van der Waals surface area contributed by atoms with Crippen molar-refractivity contribution >= 4 is 29.8 Å². The number of nitrogens with zero attached hydrogens (tertiary/aromatic N) is 2. The van der Waals surface area contributed by atoms with Gasteiger partial charge < -0.3 is 0 Å². The van der Waals surface area contributed by atoms with Crippen molar-refractivity contribution in [3.63, 3.8) is 0 Å². The van der Waals surface area contributed by atoms with Crippen LogP contribution >= 0.6 is 10.7 Å². The van der Waals surface area contributed by atoms with Crippen molar-refractivity contribution in [1.29, 1.82) is 0 Å². The fraction of sp³-hybridized carbons (Fsp3) is 0.250. The molecule has 0 saturated carbocycles. The van der Waals surface area contributed by atoms with Crippen molar-refractivity contribution < 1.29 is 12.6 Å². The van der Waals surface area contributed by atoms with E-state index in [1.165, 1.54) is 30.5 Å². The highest BCUT2D eigenvalue weighted by Gasteiger charge is 2.19. The zero-order valence-electron chi connectivity index (χ0n) is 8.70. The van der Waals surface area contributed by atoms with Crippen LogP contribution in [0.3, 0.4) is 0 Å². The Morgan fingerprint density at radius 1 is 1.12 bits per heavy atom. The van der Waals surface area contributed by atoms with E-state index < -0.39 is 19.2 Å². The van der Waals surface area contributed by atoms with Crippen molar-refractivity contribution in [2.24, 2.45) is 3.77 Å². The smallest absolute Gasteiger partial charge is 0.227 e. The van der Waals surface area contributed by atoms with Crippen molar-refractivity contribution in [3.8, 4) is 0 Å². The second-order valence-electron chi connectivity index (χ2n) is 3.11. The molecule has 0 fully saturated rings. The van der Waals surface area contributed by atoms with Gasteiger partial charge in [0, 0.05) is 24.8 Å². The van der Waals surface area contributed by atoms with Crippen molar-refractivity contribution in [2.75, 3.05) is 14.1 Å². The van der Waals surface area contributed by atoms with Gasteiger partial charge in [0.25, 0.3) is 0 Å². The molecule has 0 bridgehead atoms. The zero-order chi connectivity index (χ0) is 12.4. The number of halogens is 1. The topological polar surface area (TPSA) is 66.8 Å². The number of hydrogen-bond donors (Lipinski definition) is 0. The highest BCUT2D eigenvalue weighted by atomic mass is 35.7. The van der Waals surface area contributed by atoms with Crippen LogP contribution in [-0.4, -0.2) is 31.0 Å². The van der Waals surface area contributed by atoms with E-state index in [9.17, 15) is 12.6 Å². The highest BCUT2D eigenvalue weighted by molar-refractivity contribution is 8.16. The van der Waals surface area contributed by atoms with Gasteiger partial charge in [-0.25, -0.2) is 8.51 Å². The van der Waals surface area contributed by atoms with Crippen LogP contribution in [0.25, 0.3) is 0 Å². The third kappa shape index (κ3) is 3.18. The predicted molar refractivity (Wildman–Crippen MR) is 63.7 cm³/mol. The summed E-state index contributed by atoms with van der Waals surface area (Å²) in [7, 11) is 0.559. The lowest BCUT2D eigenvalue weighted by molar-refractivity contribution is 0.589. The molecule has 0 amide bonds. The average molecular weight is 283 g/mol. The van der Waals surface area contributed by atoms with Gasteiger partial charge in [0.05, 0.1) is 4.90 Å². The summed E-state index contributed by atoms with van der Waals surface area (Å²) in [4.78, 5) is 0.296. The van der Waals surface area contributed by atoms with E-state index >= 15 is 0 Å². The van der Waals surface area contributed by atoms with Crippen LogP contribution in [0.4, 0.5) is 0 Å². The van der Waals surface area contributed by atoms with Gasteiger partial charge in [-0.3, -0.25) is 0 Å². The standard InChI is InChI=1S/C8H11ClN2O3S2/c1-11(2)15(12,10-16(9,13)14)8-6-4-3-5-7-8/h3-7H,1-2H3/t15-/m1/s1. The summed E-state index contributed by atoms with van der Waals surface area (Å²) in [5.41, 5.74) is 0. The minimum Gasteiger partial charge on any atom is -0.227 e. The largest absolute Gasteiger partial charge is 0.348 e. The Balaban J connectivity index is 3.54. The van der Waals surface area contributed by atoms with Gasteiger partial charge in [0.1, 0.15) is 0 Å². The molecule has 1 aromatic rings. The van der Waals surface area contributed by atoms with Crippen LogP contribution in [-0.2, 0) is 19.2 Å². The molecule has 1 atom stereocenters. The third-order valence-corrected chi connectivity index (χ3v) is 5.64. The fourth-order valence-corrected chi connectivity index (χ4v) is 4.50. The summed E-state index contributed by atoms with van der Waals surface area (Å²) in [6.07, 6.45) is 0. The Morgan fingerprint density at radius 2 is 1.62 bits per heavy atom. The van der Waals surface area contributed by atoms with Gasteiger partial charge in [-0.05, 0) is 12.1 Å². The van der Waals surface area contributed by atoms with Crippen LogP contribution in [0.5, 0.6) is 0 Å². The van der Waals surface area contributed by atoms with Gasteiger partial charge in [0.15, 0.2) is 9.92 Å². The SMILES string of the molecule is CN(C)[S@](=O)(=NS(=O)(=O)Cl)c1ccccc1. The van der Waals surface area contributed by atoms with E-state index in [1.807, 2.05) is 0 Å². The summed E-state index contributed by atoms with van der Waals surface area (Å²) in [5, 5.41) is 0. The number of rotatable bonds is 3. The Morgan fingerprint density at radius 3 is 2.00 bits per heavy atom. The van der Waals surface area contributed by atoms with Crippen LogP contribution in [0.2, 0.25) is 0 Å². The van der Waals surface area contributed by atoms with E-state index in [0.717, 1.165) is 0 Å². The first-order valence-corrected chi connectivity index (χ1v) is 7.95. The molecule has 0 heterocycles. The minimum atomic E-state index is -4.19. The summed E-state index contributed by atoms with van der Waals surface area (Å²) in [6, 6.07) is 8.10. The Labute approximate surface area is 99.9 Å². The lowest BCUT2D eigenvalue weighted by atomic mass is 10.4. The van der Waals surface area contributed by atoms with Gasteiger partial charge in [-0.15, -0.1) is 0 Å². The predicted octanol–water partition coefficient (Wildman–Crippen LogP) is 1.47. The van der Waals surface area contributed by atoms with Gasteiger partial charge in [-0.2, -0.15) is 8.42 Å². The summed E-state index contributed by atoms with van der Waals surface area (Å²) in [6.45, 7) is 0. The molecule has 0 aliphatic heterocycles. The van der Waals surface area contributed by atoms with Gasteiger partial charge in [0.2, 0.25) is 0 Å². The molecule has 0 spiro atoms. The molecule has 0 aliphatic rings. The molecular formula is C8H11ClN2O3S2. The molecule has 0 radical (unpaired) electrons. The lowest BCUT2D eigenvalue weighted by Crippen LogP contribution is -2.22. The molecule has 0 saturated heterocycles. The molecule has 90 valence electrons. The minimum absolute atomic E-state index is 0.296. The maximum absolute atomic E-state index is 12.4. The number of hydrogen-bond acceptors (Lipinski definition) is 3. The maximum atomic E-state index is 12.4. The Kier molecular flexibility index (Phi) is 3.95. The highest BCUT2D eigenvalue weighted by Crippen LogP contribution is 2.18. The summed E-state index contributed by atoms with van der Waals surface area (Å²) >= 11 is 0. The molecule has 5 nitrogen and oxygen atoms in total. The first kappa shape index (κ1) is 13.4. The summed E-state index contributed by atoms with van der Waals surface area (Å²) in [5.74, 6) is 0. The molecular weight excluding hydrogens is 272 g/mol. The summed E-state index contributed by atoms with van der Waals surface area (Å²) < 4.78 is 38.7. The zero-order valence-corrected chi connectivity index (χ0v) is 11.1. The normalized spacial score (nSPS) is 15.8. The second kappa shape index (κ2) is 4.70. The van der Waals surface area contributed by atoms with Crippen LogP contribution in [0, 0.1) is 0 Å². The van der Waals surface area contributed by atoms with Crippen molar-refractivity contribution in [3.05, 3.63) is 30.3 Å². The maximum Gasteiger partial charge on any atom is 0.348 e. The molecule has 1 rings (SSSR count). The van der Waals surface area contributed by atoms with Gasteiger partial charge >= 0.3 is 9.24 Å². The second-order valence-corrected chi connectivity index (χ2v) is 7.89. The average Bonchev–Trinajstić information content (AvgIpc) is 2.16. The molecule has 8 heteroatoms. The molecule has 0 aromatic heterocycles. The Bertz CT molecular complexity index is 575. The van der Waals surface area contributed by atoms with Crippen LogP contribution in [0.15, 0.2) is 39.0 Å². The molecule has 0 N–H and O–H groups in total. The van der Waals surface area contributed by atoms with Crippen LogP contribution < -0.4 is 0 Å². The molecule has 0 aliphatic carbocycles.